The summed E-state index contributed by atoms with van der Waals surface area (Å²) in [4.78, 5) is 18.3. The summed E-state index contributed by atoms with van der Waals surface area (Å²) in [5.74, 6) is -0.147. The highest BCUT2D eigenvalue weighted by molar-refractivity contribution is 5.74. The Morgan fingerprint density at radius 2 is 2.46 bits per heavy atom. The Balaban J connectivity index is 2.55. The Hall–Kier alpha value is -1.65. The Labute approximate surface area is 75.7 Å². The zero-order chi connectivity index (χ0) is 9.68. The minimum atomic E-state index is -0.673. The zero-order valence-corrected chi connectivity index (χ0v) is 7.35. The van der Waals surface area contributed by atoms with Gasteiger partial charge in [-0.25, -0.2) is 14.8 Å². The van der Waals surface area contributed by atoms with Crippen LogP contribution in [0.4, 0.5) is 0 Å². The Bertz CT molecular complexity index is 276. The number of ether oxygens (including phenoxy) is 2. The van der Waals surface area contributed by atoms with Crippen LogP contribution in [0, 0.1) is 6.20 Å². The second-order valence-corrected chi connectivity index (χ2v) is 2.27. The van der Waals surface area contributed by atoms with Gasteiger partial charge in [-0.2, -0.15) is 0 Å². The predicted molar refractivity (Wildman–Crippen MR) is 43.0 cm³/mol. The van der Waals surface area contributed by atoms with Gasteiger partial charge in [0.25, 0.3) is 0 Å². The lowest BCUT2D eigenvalue weighted by molar-refractivity contribution is -0.148. The molecular weight excluding hydrogens is 172 g/mol. The van der Waals surface area contributed by atoms with Gasteiger partial charge in [0, 0.05) is 6.07 Å². The second-order valence-electron chi connectivity index (χ2n) is 2.27. The lowest BCUT2D eigenvalue weighted by atomic mass is 10.4. The highest BCUT2D eigenvalue weighted by atomic mass is 16.6. The van der Waals surface area contributed by atoms with Crippen molar-refractivity contribution < 1.29 is 14.3 Å². The molecule has 1 rings (SSSR count). The predicted octanol–water partition coefficient (Wildman–Crippen LogP) is 0.217. The van der Waals surface area contributed by atoms with Crippen molar-refractivity contribution in [3.05, 3.63) is 18.6 Å². The van der Waals surface area contributed by atoms with Crippen molar-refractivity contribution >= 4 is 5.97 Å². The van der Waals surface area contributed by atoms with E-state index in [1.54, 1.807) is 6.92 Å². The van der Waals surface area contributed by atoms with E-state index >= 15 is 0 Å². The number of carbonyl (C=O) groups is 1. The molecule has 1 heterocycles. The second kappa shape index (κ2) is 4.39. The average molecular weight is 181 g/mol. The van der Waals surface area contributed by atoms with E-state index in [1.165, 1.54) is 19.5 Å². The van der Waals surface area contributed by atoms with Crippen molar-refractivity contribution in [3.8, 4) is 5.88 Å². The first-order valence-electron chi connectivity index (χ1n) is 3.66. The molecule has 1 aromatic heterocycles. The third-order valence-electron chi connectivity index (χ3n) is 1.34. The fourth-order valence-corrected chi connectivity index (χ4v) is 0.709. The van der Waals surface area contributed by atoms with Crippen LogP contribution in [-0.4, -0.2) is 29.2 Å². The molecule has 0 saturated carbocycles. The van der Waals surface area contributed by atoms with Crippen LogP contribution < -0.4 is 4.74 Å². The van der Waals surface area contributed by atoms with Crippen LogP contribution in [0.25, 0.3) is 0 Å². The summed E-state index contributed by atoms with van der Waals surface area (Å²) >= 11 is 0. The van der Waals surface area contributed by atoms with Crippen molar-refractivity contribution in [2.45, 2.75) is 13.0 Å². The van der Waals surface area contributed by atoms with E-state index < -0.39 is 12.1 Å². The maximum absolute atomic E-state index is 10.9. The topological polar surface area (TPSA) is 61.3 Å². The summed E-state index contributed by atoms with van der Waals surface area (Å²) in [7, 11) is 1.30. The van der Waals surface area contributed by atoms with Crippen LogP contribution in [0.15, 0.2) is 12.4 Å². The van der Waals surface area contributed by atoms with Crippen LogP contribution in [-0.2, 0) is 9.53 Å². The van der Waals surface area contributed by atoms with E-state index in [1.807, 2.05) is 0 Å². The minimum Gasteiger partial charge on any atom is -0.466 e. The van der Waals surface area contributed by atoms with Gasteiger partial charge in [0.05, 0.1) is 13.3 Å². The molecule has 0 aliphatic rings. The van der Waals surface area contributed by atoms with Gasteiger partial charge < -0.3 is 9.47 Å². The van der Waals surface area contributed by atoms with Crippen molar-refractivity contribution in [2.75, 3.05) is 7.11 Å². The van der Waals surface area contributed by atoms with Gasteiger partial charge in [-0.3, -0.25) is 0 Å². The minimum absolute atomic E-state index is 0.299. The zero-order valence-electron chi connectivity index (χ0n) is 7.35. The van der Waals surface area contributed by atoms with E-state index in [-0.39, 0.29) is 0 Å². The number of hydrogen-bond acceptors (Lipinski definition) is 5. The number of aromatic nitrogens is 2. The molecule has 0 amide bonds. The molecule has 5 heteroatoms. The van der Waals surface area contributed by atoms with Crippen LogP contribution >= 0.6 is 0 Å². The van der Waals surface area contributed by atoms with Crippen molar-refractivity contribution in [1.82, 2.24) is 9.97 Å². The maximum Gasteiger partial charge on any atom is 0.346 e. The fraction of sp³-hybridized carbons (Fsp3) is 0.375. The first-order valence-corrected chi connectivity index (χ1v) is 3.66. The number of esters is 1. The molecule has 0 N–H and O–H groups in total. The van der Waals surface area contributed by atoms with E-state index in [2.05, 4.69) is 20.9 Å². The van der Waals surface area contributed by atoms with Crippen molar-refractivity contribution in [2.24, 2.45) is 0 Å². The number of carbonyl (C=O) groups excluding carboxylic acids is 1. The first-order chi connectivity index (χ1) is 6.24. The molecule has 1 aromatic rings. The van der Waals surface area contributed by atoms with E-state index in [4.69, 9.17) is 4.74 Å². The fourth-order valence-electron chi connectivity index (χ4n) is 0.709. The molecular formula is C8H9N2O3. The van der Waals surface area contributed by atoms with Gasteiger partial charge in [0.1, 0.15) is 6.33 Å². The van der Waals surface area contributed by atoms with Crippen LogP contribution in [0.5, 0.6) is 5.88 Å². The standard InChI is InChI=1S/C8H9N2O3/c1-6(8(11)12-2)13-7-3-4-9-5-10-7/h3,5-6H,1-2H3. The summed E-state index contributed by atoms with van der Waals surface area (Å²) in [5.41, 5.74) is 0. The number of hydrogen-bond donors (Lipinski definition) is 0. The lowest BCUT2D eigenvalue weighted by Crippen LogP contribution is -2.25. The van der Waals surface area contributed by atoms with Gasteiger partial charge in [0.2, 0.25) is 5.88 Å². The molecule has 69 valence electrons. The Kier molecular flexibility index (Phi) is 3.19. The van der Waals surface area contributed by atoms with Gasteiger partial charge in [0.15, 0.2) is 6.10 Å². The molecule has 0 bridgehead atoms. The third kappa shape index (κ3) is 2.70. The van der Waals surface area contributed by atoms with E-state index in [0.29, 0.717) is 5.88 Å². The maximum atomic E-state index is 10.9. The van der Waals surface area contributed by atoms with E-state index in [0.717, 1.165) is 0 Å². The monoisotopic (exact) mass is 181 g/mol. The Morgan fingerprint density at radius 3 is 3.00 bits per heavy atom. The number of methoxy groups -OCH3 is 1. The molecule has 1 unspecified atom stereocenters. The molecule has 1 radical (unpaired) electrons. The van der Waals surface area contributed by atoms with Gasteiger partial charge in [-0.05, 0) is 6.92 Å². The molecule has 0 spiro atoms. The third-order valence-corrected chi connectivity index (χ3v) is 1.34. The van der Waals surface area contributed by atoms with Crippen molar-refractivity contribution in [3.63, 3.8) is 0 Å². The van der Waals surface area contributed by atoms with Crippen LogP contribution in [0.3, 0.4) is 0 Å². The van der Waals surface area contributed by atoms with Gasteiger partial charge >= 0.3 is 5.97 Å². The summed E-state index contributed by atoms with van der Waals surface area (Å²) < 4.78 is 9.58. The smallest absolute Gasteiger partial charge is 0.346 e. The molecule has 5 nitrogen and oxygen atoms in total. The highest BCUT2D eigenvalue weighted by Crippen LogP contribution is 2.05. The van der Waals surface area contributed by atoms with Gasteiger partial charge in [-0.15, -0.1) is 0 Å². The Morgan fingerprint density at radius 1 is 1.69 bits per heavy atom. The molecule has 13 heavy (non-hydrogen) atoms. The summed E-state index contributed by atoms with van der Waals surface area (Å²) in [5, 5.41) is 0. The molecule has 1 atom stereocenters. The van der Waals surface area contributed by atoms with Crippen molar-refractivity contribution in [1.29, 1.82) is 0 Å². The van der Waals surface area contributed by atoms with Crippen LogP contribution in [0.2, 0.25) is 0 Å². The molecule has 0 aromatic carbocycles. The molecule has 0 saturated heterocycles. The largest absolute Gasteiger partial charge is 0.466 e. The van der Waals surface area contributed by atoms with Gasteiger partial charge in [-0.1, -0.05) is 0 Å². The average Bonchev–Trinajstić information content (AvgIpc) is 2.18. The SMILES string of the molecule is COC(=O)C(C)Oc1c[c]ncn1. The molecule has 0 aliphatic heterocycles. The summed E-state index contributed by atoms with van der Waals surface area (Å²) in [6.07, 6.45) is 3.15. The molecule has 0 aliphatic carbocycles. The quantitative estimate of drug-likeness (QED) is 0.624. The normalized spacial score (nSPS) is 11.8. The number of rotatable bonds is 3. The molecule has 0 fully saturated rings. The summed E-state index contributed by atoms with van der Waals surface area (Å²) in [6, 6.07) is 1.44. The first kappa shape index (κ1) is 9.44. The number of nitrogens with zero attached hydrogens (tertiary/aromatic N) is 2. The lowest BCUT2D eigenvalue weighted by Gasteiger charge is -2.10. The van der Waals surface area contributed by atoms with Crippen LogP contribution in [0.1, 0.15) is 6.92 Å². The highest BCUT2D eigenvalue weighted by Gasteiger charge is 2.14. The summed E-state index contributed by atoms with van der Waals surface area (Å²) in [6.45, 7) is 1.58. The van der Waals surface area contributed by atoms with E-state index in [9.17, 15) is 4.79 Å².